The van der Waals surface area contributed by atoms with Crippen LogP contribution in [0.15, 0.2) is 18.2 Å². The normalized spacial score (nSPS) is 12.5. The lowest BCUT2D eigenvalue weighted by Crippen LogP contribution is -2.33. The second-order valence-electron chi connectivity index (χ2n) is 3.85. The number of carbonyl (C=O) groups excluding carboxylic acids is 1. The Bertz CT molecular complexity index is 638. The first-order chi connectivity index (χ1) is 9.19. The molecule has 1 unspecified atom stereocenters. The Morgan fingerprint density at radius 3 is 2.45 bits per heavy atom. The molecule has 0 radical (unpaired) electrons. The molecule has 0 saturated carbocycles. The van der Waals surface area contributed by atoms with Gasteiger partial charge in [-0.25, -0.2) is 13.2 Å². The van der Waals surface area contributed by atoms with Crippen molar-refractivity contribution in [2.75, 3.05) is 11.8 Å². The number of carboxylic acid groups (broad SMARTS) is 1. The molecule has 110 valence electrons. The first-order valence-corrected chi connectivity index (χ1v) is 6.89. The molecule has 1 rings (SSSR count). The summed E-state index contributed by atoms with van der Waals surface area (Å²) in [5.41, 5.74) is -0.549. The smallest absolute Gasteiger partial charge is 0.339 e. The highest BCUT2D eigenvalue weighted by molar-refractivity contribution is 7.94. The minimum atomic E-state index is -4.08. The molecule has 1 atom stereocenters. The van der Waals surface area contributed by atoms with Crippen molar-refractivity contribution in [1.82, 2.24) is 0 Å². The zero-order valence-corrected chi connectivity index (χ0v) is 11.5. The topological polar surface area (TPSA) is 130 Å². The fraction of sp³-hybridized carbons (Fsp3) is 0.273. The predicted octanol–water partition coefficient (Wildman–Crippen LogP) is 0.394. The summed E-state index contributed by atoms with van der Waals surface area (Å²) < 4.78 is 30.1. The van der Waals surface area contributed by atoms with Crippen LogP contribution in [0.25, 0.3) is 0 Å². The van der Waals surface area contributed by atoms with Gasteiger partial charge >= 0.3 is 11.9 Å². The highest BCUT2D eigenvalue weighted by Crippen LogP contribution is 2.22. The maximum Gasteiger partial charge on any atom is 0.339 e. The van der Waals surface area contributed by atoms with Crippen LogP contribution in [-0.4, -0.2) is 42.9 Å². The van der Waals surface area contributed by atoms with Crippen LogP contribution in [0.4, 0.5) is 5.69 Å². The number of anilines is 1. The molecule has 0 aromatic heterocycles. The van der Waals surface area contributed by atoms with Crippen LogP contribution in [0.1, 0.15) is 17.3 Å². The molecular formula is C11H13NO7S. The molecule has 20 heavy (non-hydrogen) atoms. The first-order valence-electron chi connectivity index (χ1n) is 5.35. The third-order valence-corrected chi connectivity index (χ3v) is 4.13. The number of carboxylic acids is 1. The minimum Gasteiger partial charge on any atom is -0.507 e. The number of esters is 1. The Hall–Kier alpha value is -2.29. The van der Waals surface area contributed by atoms with Crippen molar-refractivity contribution in [1.29, 1.82) is 0 Å². The molecule has 0 saturated heterocycles. The van der Waals surface area contributed by atoms with Crippen LogP contribution in [-0.2, 0) is 19.6 Å². The number of carbonyl (C=O) groups is 2. The number of benzene rings is 1. The van der Waals surface area contributed by atoms with E-state index in [1.807, 2.05) is 0 Å². The molecule has 0 fully saturated rings. The van der Waals surface area contributed by atoms with E-state index in [9.17, 15) is 23.1 Å². The van der Waals surface area contributed by atoms with Gasteiger partial charge in [-0.05, 0) is 25.1 Å². The van der Waals surface area contributed by atoms with Crippen LogP contribution in [0.5, 0.6) is 5.75 Å². The monoisotopic (exact) mass is 303 g/mol. The summed E-state index contributed by atoms with van der Waals surface area (Å²) in [5, 5.41) is 16.7. The first kappa shape index (κ1) is 15.8. The second kappa shape index (κ2) is 5.78. The molecule has 0 heterocycles. The Labute approximate surface area is 115 Å². The fourth-order valence-electron chi connectivity index (χ4n) is 1.32. The van der Waals surface area contributed by atoms with E-state index in [0.717, 1.165) is 26.2 Å². The van der Waals surface area contributed by atoms with Crippen molar-refractivity contribution in [3.8, 4) is 5.75 Å². The highest BCUT2D eigenvalue weighted by Gasteiger charge is 2.29. The quantitative estimate of drug-likeness (QED) is 0.530. The lowest BCUT2D eigenvalue weighted by atomic mass is 10.2. The Balaban J connectivity index is 3.07. The molecule has 1 aromatic rings. The average Bonchev–Trinajstić information content (AvgIpc) is 2.38. The molecule has 8 nitrogen and oxygen atoms in total. The fourth-order valence-corrected chi connectivity index (χ4v) is 2.30. The van der Waals surface area contributed by atoms with E-state index >= 15 is 0 Å². The number of nitrogens with one attached hydrogen (secondary N) is 1. The third kappa shape index (κ3) is 3.38. The van der Waals surface area contributed by atoms with Crippen molar-refractivity contribution < 1.29 is 33.0 Å². The number of ether oxygens (including phenoxy) is 1. The van der Waals surface area contributed by atoms with E-state index in [1.165, 1.54) is 6.07 Å². The van der Waals surface area contributed by atoms with Crippen LogP contribution in [0.3, 0.4) is 0 Å². The van der Waals surface area contributed by atoms with Gasteiger partial charge < -0.3 is 14.9 Å². The lowest BCUT2D eigenvalue weighted by molar-refractivity contribution is -0.139. The van der Waals surface area contributed by atoms with Gasteiger partial charge in [-0.15, -0.1) is 0 Å². The number of aromatic carboxylic acids is 1. The van der Waals surface area contributed by atoms with E-state index in [2.05, 4.69) is 9.46 Å². The molecule has 0 bridgehead atoms. The van der Waals surface area contributed by atoms with Gasteiger partial charge in [-0.1, -0.05) is 0 Å². The van der Waals surface area contributed by atoms with Crippen molar-refractivity contribution in [3.63, 3.8) is 0 Å². The number of rotatable bonds is 5. The van der Waals surface area contributed by atoms with Gasteiger partial charge in [-0.2, -0.15) is 0 Å². The standard InChI is InChI=1S/C11H13NO7S/c1-6(11(16)19-2)20(17,18)12-7-3-4-9(13)8(5-7)10(14)15/h3-6,12-13H,1-2H3,(H,14,15). The van der Waals surface area contributed by atoms with Gasteiger partial charge in [0.05, 0.1) is 7.11 Å². The summed E-state index contributed by atoms with van der Waals surface area (Å²) >= 11 is 0. The largest absolute Gasteiger partial charge is 0.507 e. The van der Waals surface area contributed by atoms with Crippen molar-refractivity contribution in [2.45, 2.75) is 12.2 Å². The molecule has 0 amide bonds. The zero-order valence-electron chi connectivity index (χ0n) is 10.7. The molecule has 3 N–H and O–H groups in total. The molecule has 0 aliphatic rings. The average molecular weight is 303 g/mol. The number of hydrogen-bond acceptors (Lipinski definition) is 6. The van der Waals surface area contributed by atoms with Gasteiger partial charge in [-0.3, -0.25) is 9.52 Å². The molecule has 0 aliphatic carbocycles. The highest BCUT2D eigenvalue weighted by atomic mass is 32.2. The lowest BCUT2D eigenvalue weighted by Gasteiger charge is -2.13. The number of sulfonamides is 1. The zero-order chi connectivity index (χ0) is 15.5. The van der Waals surface area contributed by atoms with Crippen LogP contribution >= 0.6 is 0 Å². The van der Waals surface area contributed by atoms with Crippen molar-refractivity contribution >= 4 is 27.6 Å². The molecule has 1 aromatic carbocycles. The van der Waals surface area contributed by atoms with Gasteiger partial charge in [0.15, 0.2) is 5.25 Å². The van der Waals surface area contributed by atoms with Gasteiger partial charge in [0.1, 0.15) is 11.3 Å². The Kier molecular flexibility index (Phi) is 4.56. The molecule has 0 spiro atoms. The maximum atomic E-state index is 11.8. The maximum absolute atomic E-state index is 11.8. The minimum absolute atomic E-state index is 0.0871. The van der Waals surface area contributed by atoms with Crippen LogP contribution in [0.2, 0.25) is 0 Å². The Morgan fingerprint density at radius 2 is 1.95 bits per heavy atom. The Morgan fingerprint density at radius 1 is 1.35 bits per heavy atom. The van der Waals surface area contributed by atoms with E-state index in [4.69, 9.17) is 5.11 Å². The molecule has 0 aliphatic heterocycles. The molecular weight excluding hydrogens is 290 g/mol. The van der Waals surface area contributed by atoms with E-state index in [-0.39, 0.29) is 5.69 Å². The summed E-state index contributed by atoms with van der Waals surface area (Å²) in [6, 6.07) is 3.15. The summed E-state index contributed by atoms with van der Waals surface area (Å²) in [6.07, 6.45) is 0. The summed E-state index contributed by atoms with van der Waals surface area (Å²) in [5.74, 6) is -2.86. The molecule has 9 heteroatoms. The summed E-state index contributed by atoms with van der Waals surface area (Å²) in [4.78, 5) is 22.0. The predicted molar refractivity (Wildman–Crippen MR) is 69.1 cm³/mol. The summed E-state index contributed by atoms with van der Waals surface area (Å²) in [6.45, 7) is 1.13. The number of aromatic hydroxyl groups is 1. The van der Waals surface area contributed by atoms with Gasteiger partial charge in [0.2, 0.25) is 10.0 Å². The van der Waals surface area contributed by atoms with Crippen molar-refractivity contribution in [2.24, 2.45) is 0 Å². The van der Waals surface area contributed by atoms with Crippen LogP contribution in [0, 0.1) is 0 Å². The SMILES string of the molecule is COC(=O)C(C)S(=O)(=O)Nc1ccc(O)c(C(=O)O)c1. The van der Waals surface area contributed by atoms with E-state index < -0.39 is 38.5 Å². The number of methoxy groups -OCH3 is 1. The van der Waals surface area contributed by atoms with E-state index in [0.29, 0.717) is 0 Å². The number of phenols is 1. The van der Waals surface area contributed by atoms with Crippen LogP contribution < -0.4 is 4.72 Å². The van der Waals surface area contributed by atoms with E-state index in [1.54, 1.807) is 0 Å². The summed E-state index contributed by atoms with van der Waals surface area (Å²) in [7, 11) is -3.03. The second-order valence-corrected chi connectivity index (χ2v) is 5.85. The third-order valence-electron chi connectivity index (χ3n) is 2.49. The van der Waals surface area contributed by atoms with Gasteiger partial charge in [0.25, 0.3) is 0 Å². The van der Waals surface area contributed by atoms with Crippen molar-refractivity contribution in [3.05, 3.63) is 23.8 Å². The van der Waals surface area contributed by atoms with Gasteiger partial charge in [0, 0.05) is 5.69 Å². The number of hydrogen-bond donors (Lipinski definition) is 3.